The monoisotopic (exact) mass is 351 g/mol. The number of thioether (sulfide) groups is 1. The van der Waals surface area contributed by atoms with Gasteiger partial charge in [0.25, 0.3) is 0 Å². The maximum absolute atomic E-state index is 13.4. The summed E-state index contributed by atoms with van der Waals surface area (Å²) in [4.78, 5) is 11.7. The summed E-state index contributed by atoms with van der Waals surface area (Å²) in [5.41, 5.74) is 1.84. The number of carbonyl (C=O) groups excluding carboxylic acids is 1. The topological polar surface area (TPSA) is 29.1 Å². The van der Waals surface area contributed by atoms with Crippen molar-refractivity contribution < 1.29 is 9.18 Å². The molecule has 0 spiro atoms. The lowest BCUT2D eigenvalue weighted by molar-refractivity contribution is -0.118. The van der Waals surface area contributed by atoms with E-state index in [9.17, 15) is 9.18 Å². The Morgan fingerprint density at radius 2 is 1.87 bits per heavy atom. The van der Waals surface area contributed by atoms with E-state index in [1.165, 1.54) is 23.4 Å². The minimum Gasteiger partial charge on any atom is -0.355 e. The second-order valence-corrected chi connectivity index (χ2v) is 6.59. The number of carbonyl (C=O) groups is 1. The number of nitrogens with one attached hydrogen (secondary N) is 1. The molecule has 2 rings (SSSR count). The Morgan fingerprint density at radius 1 is 1.13 bits per heavy atom. The molecule has 5 heteroatoms. The highest BCUT2D eigenvalue weighted by molar-refractivity contribution is 7.99. The first kappa shape index (κ1) is 17.8. The molecule has 122 valence electrons. The lowest BCUT2D eigenvalue weighted by atomic mass is 10.1. The van der Waals surface area contributed by atoms with Crippen LogP contribution in [0.5, 0.6) is 0 Å². The van der Waals surface area contributed by atoms with Crippen LogP contribution in [0, 0.1) is 5.82 Å². The maximum atomic E-state index is 13.4. The van der Waals surface area contributed by atoms with Gasteiger partial charge in [0.15, 0.2) is 0 Å². The molecule has 2 nitrogen and oxygen atoms in total. The average molecular weight is 352 g/mol. The minimum atomic E-state index is -0.219. The second kappa shape index (κ2) is 9.58. The summed E-state index contributed by atoms with van der Waals surface area (Å²) in [6, 6.07) is 14.4. The molecule has 0 atom stereocenters. The summed E-state index contributed by atoms with van der Waals surface area (Å²) >= 11 is 7.25. The molecular formula is C18H19ClFNOS. The normalized spacial score (nSPS) is 10.5. The van der Waals surface area contributed by atoms with E-state index < -0.39 is 0 Å². The molecule has 0 radical (unpaired) electrons. The van der Waals surface area contributed by atoms with E-state index in [0.717, 1.165) is 17.9 Å². The first-order valence-corrected chi connectivity index (χ1v) is 9.01. The summed E-state index contributed by atoms with van der Waals surface area (Å²) in [6.07, 6.45) is 1.78. The number of hydrogen-bond acceptors (Lipinski definition) is 2. The standard InChI is InChI=1S/C18H19ClFNOS/c19-16-9-7-14(8-10-16)4-3-11-21-18(22)13-23-12-15-5-1-2-6-17(15)20/h1-2,5-10H,3-4,11-13H2,(H,21,22). The summed E-state index contributed by atoms with van der Waals surface area (Å²) in [5, 5.41) is 3.62. The van der Waals surface area contributed by atoms with Gasteiger partial charge in [0.1, 0.15) is 5.82 Å². The first-order chi connectivity index (χ1) is 11.1. The fourth-order valence-corrected chi connectivity index (χ4v) is 3.06. The van der Waals surface area contributed by atoms with Gasteiger partial charge in [0, 0.05) is 17.3 Å². The van der Waals surface area contributed by atoms with Gasteiger partial charge in [-0.1, -0.05) is 41.9 Å². The quantitative estimate of drug-likeness (QED) is 0.711. The highest BCUT2D eigenvalue weighted by Crippen LogP contribution is 2.15. The van der Waals surface area contributed by atoms with Crippen LogP contribution < -0.4 is 5.32 Å². The lowest BCUT2D eigenvalue weighted by Crippen LogP contribution is -2.26. The molecule has 0 aliphatic heterocycles. The van der Waals surface area contributed by atoms with Gasteiger partial charge < -0.3 is 5.32 Å². The molecule has 0 unspecified atom stereocenters. The zero-order valence-electron chi connectivity index (χ0n) is 12.7. The van der Waals surface area contributed by atoms with Crippen molar-refractivity contribution in [3.05, 3.63) is 70.5 Å². The summed E-state index contributed by atoms with van der Waals surface area (Å²) in [6.45, 7) is 0.641. The number of halogens is 2. The molecule has 0 aliphatic carbocycles. The molecule has 0 bridgehead atoms. The fourth-order valence-electron chi connectivity index (χ4n) is 2.09. The van der Waals surface area contributed by atoms with Crippen LogP contribution in [0.2, 0.25) is 5.02 Å². The molecule has 0 aliphatic rings. The third-order valence-corrected chi connectivity index (χ3v) is 4.56. The van der Waals surface area contributed by atoms with Crippen LogP contribution in [0.3, 0.4) is 0 Å². The van der Waals surface area contributed by atoms with Gasteiger partial charge in [0.05, 0.1) is 5.75 Å². The Morgan fingerprint density at radius 3 is 2.61 bits per heavy atom. The molecule has 1 amide bonds. The van der Waals surface area contributed by atoms with E-state index in [4.69, 9.17) is 11.6 Å². The number of amides is 1. The van der Waals surface area contributed by atoms with Gasteiger partial charge in [-0.3, -0.25) is 4.79 Å². The minimum absolute atomic E-state index is 0.0116. The third kappa shape index (κ3) is 6.63. The van der Waals surface area contributed by atoms with Gasteiger partial charge in [-0.05, 0) is 42.2 Å². The Kier molecular flexibility index (Phi) is 7.43. The van der Waals surface area contributed by atoms with E-state index >= 15 is 0 Å². The van der Waals surface area contributed by atoms with E-state index in [-0.39, 0.29) is 11.7 Å². The molecule has 2 aromatic rings. The zero-order chi connectivity index (χ0) is 16.5. The Bertz CT molecular complexity index is 633. The summed E-state index contributed by atoms with van der Waals surface area (Å²) in [7, 11) is 0. The Labute approximate surface area is 145 Å². The molecule has 0 saturated heterocycles. The molecule has 0 aromatic heterocycles. The van der Waals surface area contributed by atoms with Crippen molar-refractivity contribution in [3.63, 3.8) is 0 Å². The molecule has 2 aromatic carbocycles. The van der Waals surface area contributed by atoms with Gasteiger partial charge in [-0.25, -0.2) is 4.39 Å². The van der Waals surface area contributed by atoms with Gasteiger partial charge in [0.2, 0.25) is 5.91 Å². The van der Waals surface area contributed by atoms with Gasteiger partial charge in [-0.15, -0.1) is 11.8 Å². The van der Waals surface area contributed by atoms with Crippen molar-refractivity contribution in [2.45, 2.75) is 18.6 Å². The van der Waals surface area contributed by atoms with Crippen LogP contribution in [-0.2, 0) is 17.0 Å². The summed E-state index contributed by atoms with van der Waals surface area (Å²) < 4.78 is 13.4. The molecule has 0 heterocycles. The van der Waals surface area contributed by atoms with Gasteiger partial charge >= 0.3 is 0 Å². The molecule has 1 N–H and O–H groups in total. The Hall–Kier alpha value is -1.52. The SMILES string of the molecule is O=C(CSCc1ccccc1F)NCCCc1ccc(Cl)cc1. The summed E-state index contributed by atoms with van der Waals surface area (Å²) in [5.74, 6) is 0.617. The van der Waals surface area contributed by atoms with Crippen molar-refractivity contribution in [2.75, 3.05) is 12.3 Å². The van der Waals surface area contributed by atoms with E-state index in [0.29, 0.717) is 23.6 Å². The van der Waals surface area contributed by atoms with Gasteiger partial charge in [-0.2, -0.15) is 0 Å². The van der Waals surface area contributed by atoms with E-state index in [1.807, 2.05) is 24.3 Å². The number of aryl methyl sites for hydroxylation is 1. The smallest absolute Gasteiger partial charge is 0.230 e. The van der Waals surface area contributed by atoms with Crippen molar-refractivity contribution in [1.82, 2.24) is 5.32 Å². The molecule has 23 heavy (non-hydrogen) atoms. The predicted molar refractivity (Wildman–Crippen MR) is 95.3 cm³/mol. The predicted octanol–water partition coefficient (Wildman–Crippen LogP) is 4.46. The molecular weight excluding hydrogens is 333 g/mol. The largest absolute Gasteiger partial charge is 0.355 e. The first-order valence-electron chi connectivity index (χ1n) is 7.47. The van der Waals surface area contributed by atoms with Crippen molar-refractivity contribution in [2.24, 2.45) is 0 Å². The van der Waals surface area contributed by atoms with Crippen molar-refractivity contribution in [3.8, 4) is 0 Å². The van der Waals surface area contributed by atoms with Crippen LogP contribution in [0.4, 0.5) is 4.39 Å². The zero-order valence-corrected chi connectivity index (χ0v) is 14.3. The van der Waals surface area contributed by atoms with Crippen LogP contribution >= 0.6 is 23.4 Å². The highest BCUT2D eigenvalue weighted by atomic mass is 35.5. The van der Waals surface area contributed by atoms with Crippen LogP contribution in [0.15, 0.2) is 48.5 Å². The number of benzene rings is 2. The second-order valence-electron chi connectivity index (χ2n) is 5.16. The van der Waals surface area contributed by atoms with Crippen molar-refractivity contribution >= 4 is 29.3 Å². The lowest BCUT2D eigenvalue weighted by Gasteiger charge is -2.06. The fraction of sp³-hybridized carbons (Fsp3) is 0.278. The van der Waals surface area contributed by atoms with E-state index in [1.54, 1.807) is 18.2 Å². The Balaban J connectivity index is 1.58. The number of rotatable bonds is 8. The van der Waals surface area contributed by atoms with Crippen LogP contribution in [0.1, 0.15) is 17.5 Å². The molecule has 0 fully saturated rings. The van der Waals surface area contributed by atoms with Crippen LogP contribution in [-0.4, -0.2) is 18.2 Å². The highest BCUT2D eigenvalue weighted by Gasteiger charge is 2.04. The average Bonchev–Trinajstić information content (AvgIpc) is 2.55. The molecule has 0 saturated carbocycles. The maximum Gasteiger partial charge on any atom is 0.230 e. The number of hydrogen-bond donors (Lipinski definition) is 1. The van der Waals surface area contributed by atoms with Crippen LogP contribution in [0.25, 0.3) is 0 Å². The van der Waals surface area contributed by atoms with Crippen molar-refractivity contribution in [1.29, 1.82) is 0 Å². The third-order valence-electron chi connectivity index (χ3n) is 3.33. The van der Waals surface area contributed by atoms with E-state index in [2.05, 4.69) is 5.32 Å².